The number of amides is 3. The van der Waals surface area contributed by atoms with Crippen molar-refractivity contribution in [2.75, 3.05) is 13.7 Å². The zero-order valence-electron chi connectivity index (χ0n) is 14.7. The second kappa shape index (κ2) is 6.59. The van der Waals surface area contributed by atoms with Crippen molar-refractivity contribution in [2.24, 2.45) is 23.7 Å². The van der Waals surface area contributed by atoms with E-state index in [0.717, 1.165) is 17.7 Å². The molecule has 0 aromatic heterocycles. The lowest BCUT2D eigenvalue weighted by molar-refractivity contribution is -0.141. The van der Waals surface area contributed by atoms with Crippen LogP contribution in [0.1, 0.15) is 18.4 Å². The number of hydrogen-bond donors (Lipinski definition) is 1. The van der Waals surface area contributed by atoms with Crippen molar-refractivity contribution in [1.29, 1.82) is 0 Å². The van der Waals surface area contributed by atoms with Crippen LogP contribution in [0.2, 0.25) is 0 Å². The van der Waals surface area contributed by atoms with Crippen LogP contribution in [-0.4, -0.2) is 36.3 Å². The minimum atomic E-state index is -0.195. The molecule has 3 amide bonds. The minimum absolute atomic E-state index is 0.0974. The molecule has 2 aliphatic carbocycles. The van der Waals surface area contributed by atoms with Gasteiger partial charge in [0, 0.05) is 19.5 Å². The molecule has 0 radical (unpaired) electrons. The Kier molecular flexibility index (Phi) is 4.26. The van der Waals surface area contributed by atoms with Gasteiger partial charge in [0.15, 0.2) is 0 Å². The Hall–Kier alpha value is -2.63. The van der Waals surface area contributed by atoms with Crippen molar-refractivity contribution in [3.8, 4) is 5.75 Å². The van der Waals surface area contributed by atoms with Crippen LogP contribution >= 0.6 is 0 Å². The van der Waals surface area contributed by atoms with Gasteiger partial charge in [-0.25, -0.2) is 0 Å². The standard InChI is InChI=1S/C20H22N2O4/c1-26-15-6-2-12(3-7-15)11-21-16(23)8-9-22-19(24)17-13-4-5-14(10-13)18(17)20(22)25/h2-7,13-14,17-18H,8-11H2,1H3,(H,21,23)/t13-,14-,17-,18-/m0/s1. The monoisotopic (exact) mass is 354 g/mol. The van der Waals surface area contributed by atoms with Crippen molar-refractivity contribution in [1.82, 2.24) is 10.2 Å². The lowest BCUT2D eigenvalue weighted by Crippen LogP contribution is -2.36. The minimum Gasteiger partial charge on any atom is -0.497 e. The first kappa shape index (κ1) is 16.8. The molecule has 0 spiro atoms. The van der Waals surface area contributed by atoms with E-state index in [0.29, 0.717) is 6.54 Å². The second-order valence-electron chi connectivity index (χ2n) is 7.20. The molecule has 1 saturated heterocycles. The number of allylic oxidation sites excluding steroid dienone is 2. The van der Waals surface area contributed by atoms with Crippen LogP contribution in [0.3, 0.4) is 0 Å². The Morgan fingerprint density at radius 3 is 2.31 bits per heavy atom. The number of hydrogen-bond acceptors (Lipinski definition) is 4. The number of imide groups is 1. The highest BCUT2D eigenvalue weighted by atomic mass is 16.5. The number of nitrogens with one attached hydrogen (secondary N) is 1. The van der Waals surface area contributed by atoms with Crippen LogP contribution in [0, 0.1) is 23.7 Å². The highest BCUT2D eigenvalue weighted by Gasteiger charge is 2.58. The number of fused-ring (bicyclic) bond motifs is 5. The molecule has 136 valence electrons. The molecule has 1 aliphatic heterocycles. The van der Waals surface area contributed by atoms with Crippen molar-refractivity contribution in [3.63, 3.8) is 0 Å². The second-order valence-corrected chi connectivity index (χ2v) is 7.20. The van der Waals surface area contributed by atoms with Crippen LogP contribution in [-0.2, 0) is 20.9 Å². The molecular weight excluding hydrogens is 332 g/mol. The van der Waals surface area contributed by atoms with Gasteiger partial charge >= 0.3 is 0 Å². The van der Waals surface area contributed by atoms with E-state index in [1.807, 2.05) is 24.3 Å². The highest BCUT2D eigenvalue weighted by molar-refractivity contribution is 6.06. The zero-order chi connectivity index (χ0) is 18.3. The van der Waals surface area contributed by atoms with Gasteiger partial charge < -0.3 is 10.1 Å². The number of likely N-dealkylation sites (tertiary alicyclic amines) is 1. The Morgan fingerprint density at radius 2 is 1.73 bits per heavy atom. The van der Waals surface area contributed by atoms with E-state index in [9.17, 15) is 14.4 Å². The van der Waals surface area contributed by atoms with E-state index >= 15 is 0 Å². The number of rotatable bonds is 6. The summed E-state index contributed by atoms with van der Waals surface area (Å²) >= 11 is 0. The summed E-state index contributed by atoms with van der Waals surface area (Å²) in [6.07, 6.45) is 5.20. The molecule has 1 aromatic carbocycles. The summed E-state index contributed by atoms with van der Waals surface area (Å²) in [5.74, 6) is 0.421. The van der Waals surface area contributed by atoms with E-state index in [1.165, 1.54) is 4.90 Å². The zero-order valence-corrected chi connectivity index (χ0v) is 14.7. The lowest BCUT2D eigenvalue weighted by atomic mass is 9.85. The first-order chi connectivity index (χ1) is 12.6. The average Bonchev–Trinajstić information content (AvgIpc) is 3.33. The number of carbonyl (C=O) groups is 3. The molecule has 6 heteroatoms. The molecule has 3 aliphatic rings. The third kappa shape index (κ3) is 2.79. The third-order valence-electron chi connectivity index (χ3n) is 5.77. The van der Waals surface area contributed by atoms with Gasteiger partial charge in [0.2, 0.25) is 17.7 Å². The Labute approximate surface area is 152 Å². The van der Waals surface area contributed by atoms with Gasteiger partial charge in [-0.2, -0.15) is 0 Å². The van der Waals surface area contributed by atoms with Crippen LogP contribution < -0.4 is 10.1 Å². The normalized spacial score (nSPS) is 28.6. The Balaban J connectivity index is 1.28. The highest BCUT2D eigenvalue weighted by Crippen LogP contribution is 2.52. The summed E-state index contributed by atoms with van der Waals surface area (Å²) in [6, 6.07) is 7.45. The van der Waals surface area contributed by atoms with Crippen molar-refractivity contribution in [3.05, 3.63) is 42.0 Å². The van der Waals surface area contributed by atoms with Gasteiger partial charge in [0.05, 0.1) is 18.9 Å². The van der Waals surface area contributed by atoms with Crippen molar-refractivity contribution in [2.45, 2.75) is 19.4 Å². The summed E-state index contributed by atoms with van der Waals surface area (Å²) in [5, 5.41) is 2.83. The molecule has 1 N–H and O–H groups in total. The molecule has 0 unspecified atom stereocenters. The number of carbonyl (C=O) groups excluding carboxylic acids is 3. The summed E-state index contributed by atoms with van der Waals surface area (Å²) in [4.78, 5) is 38.5. The molecule has 1 heterocycles. The first-order valence-electron chi connectivity index (χ1n) is 9.01. The summed E-state index contributed by atoms with van der Waals surface area (Å²) in [5.41, 5.74) is 0.963. The number of methoxy groups -OCH3 is 1. The van der Waals surface area contributed by atoms with E-state index < -0.39 is 0 Å². The van der Waals surface area contributed by atoms with E-state index in [-0.39, 0.29) is 54.4 Å². The molecule has 4 atom stereocenters. The largest absolute Gasteiger partial charge is 0.497 e. The van der Waals surface area contributed by atoms with Gasteiger partial charge in [-0.05, 0) is 36.0 Å². The lowest BCUT2D eigenvalue weighted by Gasteiger charge is -2.17. The van der Waals surface area contributed by atoms with Gasteiger partial charge in [0.25, 0.3) is 0 Å². The molecule has 2 fully saturated rings. The average molecular weight is 354 g/mol. The summed E-state index contributed by atoms with van der Waals surface area (Å²) in [7, 11) is 1.60. The Morgan fingerprint density at radius 1 is 1.12 bits per heavy atom. The van der Waals surface area contributed by atoms with E-state index in [2.05, 4.69) is 17.5 Å². The number of nitrogens with zero attached hydrogens (tertiary/aromatic N) is 1. The molecule has 2 bridgehead atoms. The fourth-order valence-electron chi connectivity index (χ4n) is 4.43. The van der Waals surface area contributed by atoms with Gasteiger partial charge in [-0.3, -0.25) is 19.3 Å². The van der Waals surface area contributed by atoms with Crippen LogP contribution in [0.25, 0.3) is 0 Å². The van der Waals surface area contributed by atoms with Crippen LogP contribution in [0.15, 0.2) is 36.4 Å². The molecular formula is C20H22N2O4. The molecule has 4 rings (SSSR count). The van der Waals surface area contributed by atoms with E-state index in [1.54, 1.807) is 7.11 Å². The topological polar surface area (TPSA) is 75.7 Å². The van der Waals surface area contributed by atoms with Crippen molar-refractivity contribution < 1.29 is 19.1 Å². The Bertz CT molecular complexity index is 741. The van der Waals surface area contributed by atoms with E-state index in [4.69, 9.17) is 4.74 Å². The maximum Gasteiger partial charge on any atom is 0.233 e. The number of benzene rings is 1. The quantitative estimate of drug-likeness (QED) is 0.621. The first-order valence-corrected chi connectivity index (χ1v) is 9.01. The van der Waals surface area contributed by atoms with Gasteiger partial charge in [0.1, 0.15) is 5.75 Å². The molecule has 1 aromatic rings. The fourth-order valence-corrected chi connectivity index (χ4v) is 4.43. The maximum atomic E-state index is 12.6. The van der Waals surface area contributed by atoms with Gasteiger partial charge in [-0.15, -0.1) is 0 Å². The maximum absolute atomic E-state index is 12.6. The summed E-state index contributed by atoms with van der Waals surface area (Å²) in [6.45, 7) is 0.572. The predicted octanol–water partition coefficient (Wildman–Crippen LogP) is 1.51. The van der Waals surface area contributed by atoms with Crippen LogP contribution in [0.4, 0.5) is 0 Å². The fraction of sp³-hybridized carbons (Fsp3) is 0.450. The predicted molar refractivity (Wildman–Crippen MR) is 93.9 cm³/mol. The third-order valence-corrected chi connectivity index (χ3v) is 5.77. The SMILES string of the molecule is COc1ccc(CNC(=O)CCN2C(=O)[C@@H]3[C@@H](C2=O)[C@H]2C=C[C@H]3C2)cc1. The molecule has 6 nitrogen and oxygen atoms in total. The van der Waals surface area contributed by atoms with Crippen molar-refractivity contribution >= 4 is 17.7 Å². The smallest absolute Gasteiger partial charge is 0.233 e. The van der Waals surface area contributed by atoms with Gasteiger partial charge in [-0.1, -0.05) is 24.3 Å². The van der Waals surface area contributed by atoms with Crippen LogP contribution in [0.5, 0.6) is 5.75 Å². The molecule has 26 heavy (non-hydrogen) atoms. The molecule has 1 saturated carbocycles. The number of ether oxygens (including phenoxy) is 1. The summed E-state index contributed by atoms with van der Waals surface area (Å²) < 4.78 is 5.10.